The average molecular weight is 423 g/mol. The highest BCUT2D eigenvalue weighted by atomic mass is 32.2. The van der Waals surface area contributed by atoms with Gasteiger partial charge in [0, 0.05) is 24.1 Å². The molecule has 4 rings (SSSR count). The van der Waals surface area contributed by atoms with E-state index in [-0.39, 0.29) is 17.1 Å². The Morgan fingerprint density at radius 1 is 1.27 bits per heavy atom. The molecule has 0 atom stereocenters. The molecular weight excluding hydrogens is 406 g/mol. The minimum absolute atomic E-state index is 0.0107. The zero-order chi connectivity index (χ0) is 21.4. The summed E-state index contributed by atoms with van der Waals surface area (Å²) >= 11 is 1.31. The Morgan fingerprint density at radius 2 is 2.00 bits per heavy atom. The van der Waals surface area contributed by atoms with Crippen LogP contribution in [0.25, 0.3) is 17.4 Å². The van der Waals surface area contributed by atoms with Crippen molar-refractivity contribution in [3.63, 3.8) is 0 Å². The first-order chi connectivity index (χ1) is 14.3. The Kier molecular flexibility index (Phi) is 5.08. The number of amides is 1. The number of thioether (sulfide) groups is 1. The number of furan rings is 1. The van der Waals surface area contributed by atoms with Gasteiger partial charge in [0.15, 0.2) is 5.84 Å². The van der Waals surface area contributed by atoms with Crippen LogP contribution < -0.4 is 0 Å². The summed E-state index contributed by atoms with van der Waals surface area (Å²) in [5.74, 6) is 0.690. The van der Waals surface area contributed by atoms with Gasteiger partial charge in [-0.15, -0.1) is 0 Å². The largest absolute Gasteiger partial charge is 0.457 e. The minimum Gasteiger partial charge on any atom is -0.457 e. The summed E-state index contributed by atoms with van der Waals surface area (Å²) in [5, 5.41) is 26.2. The van der Waals surface area contributed by atoms with E-state index in [2.05, 4.69) is 23.9 Å². The normalized spacial score (nSPS) is 17.4. The average Bonchev–Trinajstić information content (AvgIpc) is 3.31. The van der Waals surface area contributed by atoms with Gasteiger partial charge in [-0.25, -0.2) is 0 Å². The number of fused-ring (bicyclic) bond motifs is 1. The highest BCUT2D eigenvalue weighted by molar-refractivity contribution is 8.26. The summed E-state index contributed by atoms with van der Waals surface area (Å²) < 4.78 is 5.75. The van der Waals surface area contributed by atoms with E-state index in [1.54, 1.807) is 24.3 Å². The van der Waals surface area contributed by atoms with Crippen molar-refractivity contribution in [1.82, 2.24) is 5.01 Å². The van der Waals surface area contributed by atoms with Crippen LogP contribution in [-0.4, -0.2) is 31.9 Å². The lowest BCUT2D eigenvalue weighted by Crippen LogP contribution is -2.35. The van der Waals surface area contributed by atoms with Gasteiger partial charge in [-0.2, -0.15) is 15.1 Å². The molecule has 30 heavy (non-hydrogen) atoms. The number of aliphatic imine (C=N–C) groups is 1. The van der Waals surface area contributed by atoms with E-state index in [0.29, 0.717) is 28.2 Å². The van der Waals surface area contributed by atoms with Gasteiger partial charge >= 0.3 is 0 Å². The second kappa shape index (κ2) is 7.71. The third-order valence-electron chi connectivity index (χ3n) is 4.36. The van der Waals surface area contributed by atoms with Crippen molar-refractivity contribution in [2.24, 2.45) is 16.0 Å². The number of benzene rings is 1. The third-order valence-corrected chi connectivity index (χ3v) is 5.29. The predicted molar refractivity (Wildman–Crippen MR) is 115 cm³/mol. The van der Waals surface area contributed by atoms with Crippen molar-refractivity contribution in [3.05, 3.63) is 57.8 Å². The summed E-state index contributed by atoms with van der Waals surface area (Å²) in [6.45, 7) is 4.15. The van der Waals surface area contributed by atoms with Crippen LogP contribution in [0, 0.1) is 21.4 Å². The minimum atomic E-state index is -0.520. The molecule has 1 aromatic carbocycles. The number of amidine groups is 2. The summed E-state index contributed by atoms with van der Waals surface area (Å²) in [4.78, 5) is 26.8. The van der Waals surface area contributed by atoms with Crippen molar-refractivity contribution in [2.45, 2.75) is 20.3 Å². The fraction of sp³-hybridized carbons (Fsp3) is 0.200. The van der Waals surface area contributed by atoms with Crippen LogP contribution in [-0.2, 0) is 4.79 Å². The van der Waals surface area contributed by atoms with Crippen molar-refractivity contribution in [1.29, 1.82) is 5.41 Å². The Bertz CT molecular complexity index is 1140. The van der Waals surface area contributed by atoms with Gasteiger partial charge in [-0.3, -0.25) is 20.3 Å². The van der Waals surface area contributed by atoms with Gasteiger partial charge in [0.05, 0.1) is 10.5 Å². The lowest BCUT2D eigenvalue weighted by molar-refractivity contribution is -0.384. The standard InChI is InChI=1S/C20H17N5O4S/c1-11(2)9-17-23-24-18(21)15(19(26)22-20(24)30-17)10-14-7-8-16(29-14)12-3-5-13(6-4-12)25(27)28/h3-8,10-11,21H,9H2,1-2H3. The predicted octanol–water partition coefficient (Wildman–Crippen LogP) is 4.52. The Hall–Kier alpha value is -3.53. The third kappa shape index (κ3) is 3.81. The van der Waals surface area contributed by atoms with E-state index < -0.39 is 10.8 Å². The van der Waals surface area contributed by atoms with E-state index in [1.807, 2.05) is 0 Å². The number of hydrogen-bond donors (Lipinski definition) is 1. The molecule has 10 heteroatoms. The molecule has 0 bridgehead atoms. The van der Waals surface area contributed by atoms with Crippen LogP contribution in [0.4, 0.5) is 5.69 Å². The Morgan fingerprint density at radius 3 is 2.67 bits per heavy atom. The number of hydrogen-bond acceptors (Lipinski definition) is 7. The molecule has 1 N–H and O–H groups in total. The molecule has 0 aliphatic carbocycles. The maximum atomic E-state index is 12.5. The lowest BCUT2D eigenvalue weighted by atomic mass is 10.1. The number of carbonyl (C=O) groups is 1. The van der Waals surface area contributed by atoms with Crippen LogP contribution in [0.5, 0.6) is 0 Å². The zero-order valence-corrected chi connectivity index (χ0v) is 17.0. The number of hydrazone groups is 1. The molecule has 2 aliphatic heterocycles. The van der Waals surface area contributed by atoms with E-state index in [4.69, 9.17) is 9.83 Å². The molecule has 0 spiro atoms. The fourth-order valence-electron chi connectivity index (χ4n) is 2.94. The highest BCUT2D eigenvalue weighted by Gasteiger charge is 2.35. The van der Waals surface area contributed by atoms with Crippen LogP contribution >= 0.6 is 11.8 Å². The van der Waals surface area contributed by atoms with E-state index in [9.17, 15) is 14.9 Å². The quantitative estimate of drug-likeness (QED) is 0.428. The second-order valence-corrected chi connectivity index (χ2v) is 8.16. The molecule has 0 saturated heterocycles. The van der Waals surface area contributed by atoms with E-state index in [1.165, 1.54) is 35.0 Å². The molecule has 1 aromatic heterocycles. The monoisotopic (exact) mass is 423 g/mol. The summed E-state index contributed by atoms with van der Waals surface area (Å²) in [6.07, 6.45) is 2.21. The first-order valence-corrected chi connectivity index (χ1v) is 9.97. The molecular formula is C20H17N5O4S. The van der Waals surface area contributed by atoms with Gasteiger partial charge in [0.25, 0.3) is 11.6 Å². The van der Waals surface area contributed by atoms with Gasteiger partial charge < -0.3 is 4.42 Å². The maximum absolute atomic E-state index is 12.5. The number of nitro benzene ring substituents is 1. The van der Waals surface area contributed by atoms with Crippen molar-refractivity contribution in [2.75, 3.05) is 0 Å². The zero-order valence-electron chi connectivity index (χ0n) is 16.2. The molecule has 0 unspecified atom stereocenters. The molecule has 152 valence electrons. The van der Waals surface area contributed by atoms with Crippen LogP contribution in [0.3, 0.4) is 0 Å². The molecule has 1 amide bonds. The smallest absolute Gasteiger partial charge is 0.283 e. The van der Waals surface area contributed by atoms with Crippen LogP contribution in [0.1, 0.15) is 26.0 Å². The summed E-state index contributed by atoms with van der Waals surface area (Å²) in [7, 11) is 0. The first-order valence-electron chi connectivity index (χ1n) is 9.15. The molecule has 3 heterocycles. The van der Waals surface area contributed by atoms with E-state index >= 15 is 0 Å². The maximum Gasteiger partial charge on any atom is 0.283 e. The van der Waals surface area contributed by atoms with Crippen LogP contribution in [0.15, 0.2) is 56.5 Å². The second-order valence-electron chi connectivity index (χ2n) is 7.12. The number of nitrogens with zero attached hydrogens (tertiary/aromatic N) is 4. The van der Waals surface area contributed by atoms with Gasteiger partial charge in [0.2, 0.25) is 5.17 Å². The van der Waals surface area contributed by atoms with Gasteiger partial charge in [0.1, 0.15) is 16.6 Å². The molecule has 2 aromatic rings. The molecule has 2 aliphatic rings. The number of rotatable bonds is 5. The SMILES string of the molecule is CC(C)CC1=NN2C(=N)C(=Cc3ccc(-c4ccc([N+](=O)[O-])cc4)o3)C(=O)N=C2S1. The number of carbonyl (C=O) groups excluding carboxylic acids is 1. The molecule has 9 nitrogen and oxygen atoms in total. The highest BCUT2D eigenvalue weighted by Crippen LogP contribution is 2.31. The summed E-state index contributed by atoms with van der Waals surface area (Å²) in [5.41, 5.74) is 0.733. The fourth-order valence-corrected chi connectivity index (χ4v) is 4.04. The topological polar surface area (TPSA) is 125 Å². The first kappa shape index (κ1) is 19.8. The van der Waals surface area contributed by atoms with Crippen molar-refractivity contribution in [3.8, 4) is 11.3 Å². The number of non-ortho nitro benzene ring substituents is 1. The molecule has 0 fully saturated rings. The van der Waals surface area contributed by atoms with Gasteiger partial charge in [-0.1, -0.05) is 13.8 Å². The number of nitro groups is 1. The van der Waals surface area contributed by atoms with E-state index in [0.717, 1.165) is 11.5 Å². The molecule has 0 radical (unpaired) electrons. The van der Waals surface area contributed by atoms with Crippen LogP contribution in [0.2, 0.25) is 0 Å². The lowest BCUT2D eigenvalue weighted by Gasteiger charge is -2.19. The van der Waals surface area contributed by atoms with Gasteiger partial charge in [-0.05, 0) is 48.0 Å². The number of nitrogens with one attached hydrogen (secondary N) is 1. The van der Waals surface area contributed by atoms with Crippen molar-refractivity contribution < 1.29 is 14.1 Å². The Labute approximate surface area is 175 Å². The summed E-state index contributed by atoms with van der Waals surface area (Å²) in [6, 6.07) is 9.32. The molecule has 0 saturated carbocycles. The Balaban J connectivity index is 1.58. The van der Waals surface area contributed by atoms with Crippen molar-refractivity contribution >= 4 is 45.5 Å².